The predicted molar refractivity (Wildman–Crippen MR) is 93.7 cm³/mol. The largest absolute Gasteiger partial charge is 0.493 e. The fraction of sp³-hybridized carbons (Fsp3) is 0.167. The molecular weight excluding hydrogens is 354 g/mol. The first-order chi connectivity index (χ1) is 13.1. The maximum Gasteiger partial charge on any atom is 0.270 e. The summed E-state index contributed by atoms with van der Waals surface area (Å²) in [5.74, 6) is 1.35. The van der Waals surface area contributed by atoms with Gasteiger partial charge in [0.15, 0.2) is 12.9 Å². The Morgan fingerprint density at radius 3 is 2.74 bits per heavy atom. The Bertz CT molecular complexity index is 969. The third kappa shape index (κ3) is 4.09. The Labute approximate surface area is 153 Å². The molecular formula is C18H15N3O6. The van der Waals surface area contributed by atoms with Gasteiger partial charge < -0.3 is 14.0 Å². The van der Waals surface area contributed by atoms with Gasteiger partial charge in [0.05, 0.1) is 22.7 Å². The van der Waals surface area contributed by atoms with E-state index in [1.165, 1.54) is 12.1 Å². The summed E-state index contributed by atoms with van der Waals surface area (Å²) in [6, 6.07) is 11.0. The molecule has 0 unspecified atom stereocenters. The molecule has 0 amide bonds. The molecule has 1 aromatic heterocycles. The van der Waals surface area contributed by atoms with Crippen LogP contribution in [0.15, 0.2) is 47.0 Å². The molecule has 138 valence electrons. The van der Waals surface area contributed by atoms with E-state index in [2.05, 4.69) is 10.1 Å². The first-order valence-electron chi connectivity index (χ1n) is 8.03. The van der Waals surface area contributed by atoms with Crippen LogP contribution in [0.3, 0.4) is 0 Å². The minimum absolute atomic E-state index is 0.0608. The fourth-order valence-electron chi connectivity index (χ4n) is 2.37. The molecule has 0 radical (unpaired) electrons. The molecule has 3 aromatic rings. The number of benzene rings is 2. The van der Waals surface area contributed by atoms with E-state index >= 15 is 0 Å². The van der Waals surface area contributed by atoms with E-state index in [1.807, 2.05) is 19.1 Å². The molecule has 1 heterocycles. The van der Waals surface area contributed by atoms with Crippen molar-refractivity contribution in [1.82, 2.24) is 10.1 Å². The molecule has 2 aromatic carbocycles. The molecule has 0 saturated heterocycles. The van der Waals surface area contributed by atoms with Gasteiger partial charge in [0.1, 0.15) is 11.5 Å². The minimum atomic E-state index is -0.586. The Hall–Kier alpha value is -3.75. The van der Waals surface area contributed by atoms with Gasteiger partial charge in [-0.05, 0) is 25.1 Å². The summed E-state index contributed by atoms with van der Waals surface area (Å²) in [5, 5.41) is 14.7. The van der Waals surface area contributed by atoms with Gasteiger partial charge in [0, 0.05) is 12.1 Å². The van der Waals surface area contributed by atoms with Crippen LogP contribution in [0.4, 0.5) is 5.69 Å². The van der Waals surface area contributed by atoms with E-state index in [0.29, 0.717) is 30.0 Å². The fourth-order valence-corrected chi connectivity index (χ4v) is 2.37. The maximum atomic E-state index is 11.1. The Morgan fingerprint density at radius 2 is 2.00 bits per heavy atom. The van der Waals surface area contributed by atoms with Gasteiger partial charge in [-0.1, -0.05) is 17.3 Å². The summed E-state index contributed by atoms with van der Waals surface area (Å²) < 4.78 is 16.2. The second-order valence-electron chi connectivity index (χ2n) is 5.33. The topological polar surface area (TPSA) is 118 Å². The molecule has 0 atom stereocenters. The number of ether oxygens (including phenoxy) is 2. The van der Waals surface area contributed by atoms with E-state index in [9.17, 15) is 14.9 Å². The molecule has 9 nitrogen and oxygen atoms in total. The zero-order chi connectivity index (χ0) is 19.2. The zero-order valence-electron chi connectivity index (χ0n) is 14.3. The van der Waals surface area contributed by atoms with E-state index in [4.69, 9.17) is 14.0 Å². The zero-order valence-corrected chi connectivity index (χ0v) is 14.3. The first kappa shape index (κ1) is 18.1. The number of non-ortho nitro benzene ring substituents is 1. The second-order valence-corrected chi connectivity index (χ2v) is 5.33. The van der Waals surface area contributed by atoms with Crippen molar-refractivity contribution in [2.24, 2.45) is 0 Å². The van der Waals surface area contributed by atoms with Crippen LogP contribution in [0.1, 0.15) is 23.2 Å². The van der Waals surface area contributed by atoms with Crippen molar-refractivity contribution in [3.05, 3.63) is 64.0 Å². The highest BCUT2D eigenvalue weighted by Gasteiger charge is 2.15. The van der Waals surface area contributed by atoms with Crippen molar-refractivity contribution in [3.63, 3.8) is 0 Å². The molecule has 0 fully saturated rings. The van der Waals surface area contributed by atoms with Crippen molar-refractivity contribution in [2.75, 3.05) is 6.61 Å². The monoisotopic (exact) mass is 369 g/mol. The molecule has 27 heavy (non-hydrogen) atoms. The molecule has 0 aliphatic heterocycles. The van der Waals surface area contributed by atoms with Crippen molar-refractivity contribution in [3.8, 4) is 22.9 Å². The smallest absolute Gasteiger partial charge is 0.270 e. The number of nitro benzene ring substituents is 1. The van der Waals surface area contributed by atoms with Gasteiger partial charge in [0.25, 0.3) is 11.6 Å². The summed E-state index contributed by atoms with van der Waals surface area (Å²) in [6.45, 7) is 2.28. The molecule has 0 spiro atoms. The second kappa shape index (κ2) is 8.09. The number of hydrogen-bond donors (Lipinski definition) is 0. The van der Waals surface area contributed by atoms with Gasteiger partial charge in [0.2, 0.25) is 5.82 Å². The van der Waals surface area contributed by atoms with Crippen LogP contribution in [-0.4, -0.2) is 28.0 Å². The van der Waals surface area contributed by atoms with Gasteiger partial charge >= 0.3 is 0 Å². The molecule has 0 aliphatic rings. The summed E-state index contributed by atoms with van der Waals surface area (Å²) >= 11 is 0. The van der Waals surface area contributed by atoms with Crippen LogP contribution in [-0.2, 0) is 6.61 Å². The number of aldehydes is 1. The van der Waals surface area contributed by atoms with Gasteiger partial charge in [-0.3, -0.25) is 14.9 Å². The standard InChI is InChI=1S/C18H15N3O6/c1-2-25-16-6-4-3-5-14(16)18-19-17(27-20-18)11-26-15-8-7-13(21(23)24)9-12(15)10-22/h3-10H,2,11H2,1H3. The number of carbonyl (C=O) groups is 1. The number of carbonyl (C=O) groups excluding carboxylic acids is 1. The number of aromatic nitrogens is 2. The summed E-state index contributed by atoms with van der Waals surface area (Å²) in [7, 11) is 0. The summed E-state index contributed by atoms with van der Waals surface area (Å²) in [6.07, 6.45) is 0.486. The normalized spacial score (nSPS) is 10.4. The maximum absolute atomic E-state index is 11.1. The van der Waals surface area contributed by atoms with Crippen LogP contribution in [0, 0.1) is 10.1 Å². The average Bonchev–Trinajstić information content (AvgIpc) is 3.15. The number of hydrogen-bond acceptors (Lipinski definition) is 8. The van der Waals surface area contributed by atoms with Crippen molar-refractivity contribution in [1.29, 1.82) is 0 Å². The number of nitro groups is 1. The van der Waals surface area contributed by atoms with Gasteiger partial charge in [-0.25, -0.2) is 0 Å². The lowest BCUT2D eigenvalue weighted by Crippen LogP contribution is -2.00. The minimum Gasteiger partial charge on any atom is -0.493 e. The number of rotatable bonds is 8. The third-order valence-corrected chi connectivity index (χ3v) is 3.58. The molecule has 9 heteroatoms. The van der Waals surface area contributed by atoms with Crippen molar-refractivity contribution >= 4 is 12.0 Å². The first-order valence-corrected chi connectivity index (χ1v) is 8.03. The van der Waals surface area contributed by atoms with Crippen molar-refractivity contribution < 1.29 is 23.7 Å². The Morgan fingerprint density at radius 1 is 1.19 bits per heavy atom. The molecule has 0 aliphatic carbocycles. The van der Waals surface area contributed by atoms with Gasteiger partial charge in [-0.15, -0.1) is 0 Å². The molecule has 0 N–H and O–H groups in total. The number of para-hydroxylation sites is 1. The van der Waals surface area contributed by atoms with Crippen LogP contribution in [0.25, 0.3) is 11.4 Å². The van der Waals surface area contributed by atoms with Crippen LogP contribution < -0.4 is 9.47 Å². The summed E-state index contributed by atoms with van der Waals surface area (Å²) in [5.41, 5.74) is 0.543. The van der Waals surface area contributed by atoms with E-state index in [0.717, 1.165) is 6.07 Å². The van der Waals surface area contributed by atoms with Crippen LogP contribution in [0.2, 0.25) is 0 Å². The van der Waals surface area contributed by atoms with E-state index in [-0.39, 0.29) is 29.5 Å². The lowest BCUT2D eigenvalue weighted by atomic mass is 10.2. The van der Waals surface area contributed by atoms with E-state index in [1.54, 1.807) is 12.1 Å². The lowest BCUT2D eigenvalue weighted by Gasteiger charge is -2.06. The Balaban J connectivity index is 1.76. The van der Waals surface area contributed by atoms with E-state index < -0.39 is 4.92 Å². The average molecular weight is 369 g/mol. The third-order valence-electron chi connectivity index (χ3n) is 3.58. The highest BCUT2D eigenvalue weighted by molar-refractivity contribution is 5.80. The molecule has 0 saturated carbocycles. The van der Waals surface area contributed by atoms with Crippen LogP contribution in [0.5, 0.6) is 11.5 Å². The van der Waals surface area contributed by atoms with Crippen molar-refractivity contribution in [2.45, 2.75) is 13.5 Å². The summed E-state index contributed by atoms with van der Waals surface area (Å²) in [4.78, 5) is 25.6. The lowest BCUT2D eigenvalue weighted by molar-refractivity contribution is -0.384. The molecule has 0 bridgehead atoms. The predicted octanol–water partition coefficient (Wildman–Crippen LogP) is 3.44. The highest BCUT2D eigenvalue weighted by atomic mass is 16.6. The van der Waals surface area contributed by atoms with Gasteiger partial charge in [-0.2, -0.15) is 4.98 Å². The highest BCUT2D eigenvalue weighted by Crippen LogP contribution is 2.28. The number of nitrogens with zero attached hydrogens (tertiary/aromatic N) is 3. The SMILES string of the molecule is CCOc1ccccc1-c1noc(COc2ccc([N+](=O)[O-])cc2C=O)n1. The molecule has 3 rings (SSSR count). The Kier molecular flexibility index (Phi) is 5.41. The quantitative estimate of drug-likeness (QED) is 0.337. The van der Waals surface area contributed by atoms with Crippen LogP contribution >= 0.6 is 0 Å².